The van der Waals surface area contributed by atoms with Crippen molar-refractivity contribution in [3.8, 4) is 0 Å². The Balaban J connectivity index is -0.000000110. The Bertz CT molecular complexity index is 1130. The minimum Gasteiger partial charge on any atom is -0.550 e. The van der Waals surface area contributed by atoms with Gasteiger partial charge in [0, 0.05) is 99.1 Å². The Morgan fingerprint density at radius 1 is 0.255 bits per heavy atom. The molecule has 3 radical (unpaired) electrons. The van der Waals surface area contributed by atoms with Crippen molar-refractivity contribution < 1.29 is 195 Å². The zero-order valence-corrected chi connectivity index (χ0v) is 30.8. The first-order valence-electron chi connectivity index (χ1n) is 12.5. The fraction of sp³-hybridized carbons (Fsp3) is 0.500. The van der Waals surface area contributed by atoms with Crippen molar-refractivity contribution >= 4 is 71.6 Å². The molecule has 0 unspecified atom stereocenters. The van der Waals surface area contributed by atoms with Crippen molar-refractivity contribution in [3.63, 3.8) is 0 Å². The average molecular weight is 909 g/mol. The van der Waals surface area contributed by atoms with E-state index in [-0.39, 0.29) is 55.7 Å². The van der Waals surface area contributed by atoms with Crippen molar-refractivity contribution in [2.45, 2.75) is 73.8 Å². The molecular formula is C24H20O28V3. The van der Waals surface area contributed by atoms with E-state index in [4.69, 9.17) is 20.4 Å². The van der Waals surface area contributed by atoms with Gasteiger partial charge in [0.2, 0.25) is 0 Å². The van der Waals surface area contributed by atoms with Gasteiger partial charge in [-0.1, -0.05) is 0 Å². The molecule has 4 N–H and O–H groups in total. The summed E-state index contributed by atoms with van der Waals surface area (Å²) in [7, 11) is 0. The van der Waals surface area contributed by atoms with E-state index in [9.17, 15) is 119 Å². The Morgan fingerprint density at radius 3 is 0.364 bits per heavy atom. The zero-order chi connectivity index (χ0) is 42.6. The number of carboxylic acids is 12. The molecule has 28 nitrogen and oxygen atoms in total. The smallest absolute Gasteiger partial charge is 0.550 e. The molecule has 0 rings (SSSR count). The van der Waals surface area contributed by atoms with E-state index >= 15 is 0 Å². The van der Waals surface area contributed by atoms with Crippen molar-refractivity contribution in [1.82, 2.24) is 0 Å². The van der Waals surface area contributed by atoms with Crippen LogP contribution in [0.2, 0.25) is 0 Å². The van der Waals surface area contributed by atoms with Crippen LogP contribution in [-0.2, 0) is 113 Å². The number of carboxylic acid groups (broad SMARTS) is 12. The van der Waals surface area contributed by atoms with E-state index in [0.29, 0.717) is 0 Å². The predicted molar refractivity (Wildman–Crippen MR) is 117 cm³/mol. The SMILES string of the molecule is O=C([O-])CC(O)(CC(=O)[O-])C(=O)[O-].O=C([O-])CC(O)(CC(=O)[O-])C(=O)[O-].O=C([O-])CC(O)(CC(=O)[O-])C(=O)[O-].O=C([O-])CC(O)(CC(=O)[O-])C(=O)[O-].[V+4].[V+4].[V+4]. The first-order valence-corrected chi connectivity index (χ1v) is 12.5. The minimum absolute atomic E-state index is 0. The minimum atomic E-state index is -2.97. The van der Waals surface area contributed by atoms with Gasteiger partial charge in [0.1, 0.15) is 22.4 Å². The second-order valence-electron chi connectivity index (χ2n) is 9.67. The molecule has 0 heterocycles. The summed E-state index contributed by atoms with van der Waals surface area (Å²) in [6, 6.07) is 0. The molecule has 0 saturated carbocycles. The molecule has 0 aromatic heterocycles. The summed E-state index contributed by atoms with van der Waals surface area (Å²) in [4.78, 5) is 120. The monoisotopic (exact) mass is 909 g/mol. The standard InChI is InChI=1S/4C6H8O7.3V/c4*7-3(8)1-6(13,5(11)12)2-4(9)10;;;/h4*13H,1-2H2,(H,7,8)(H,9,10)(H,11,12);;;/q;;;;3*+4/p-12. The zero-order valence-electron chi connectivity index (χ0n) is 26.6. The topological polar surface area (TPSA) is 562 Å². The quantitative estimate of drug-likeness (QED) is 0.0881. The summed E-state index contributed by atoms with van der Waals surface area (Å²) >= 11 is 0. The number of rotatable bonds is 20. The van der Waals surface area contributed by atoms with Crippen LogP contribution in [0.4, 0.5) is 0 Å². The Hall–Kier alpha value is -4.77. The van der Waals surface area contributed by atoms with Crippen molar-refractivity contribution in [1.29, 1.82) is 0 Å². The van der Waals surface area contributed by atoms with Gasteiger partial charge >= 0.3 is 55.7 Å². The van der Waals surface area contributed by atoms with Gasteiger partial charge < -0.3 is 139 Å². The first kappa shape index (κ1) is 65.1. The molecule has 0 aromatic carbocycles. The van der Waals surface area contributed by atoms with Crippen LogP contribution >= 0.6 is 0 Å². The molecule has 0 aliphatic carbocycles. The molecular weight excluding hydrogens is 889 g/mol. The van der Waals surface area contributed by atoms with Gasteiger partial charge in [0.25, 0.3) is 0 Å². The third-order valence-corrected chi connectivity index (χ3v) is 5.01. The van der Waals surface area contributed by atoms with E-state index in [1.54, 1.807) is 0 Å². The van der Waals surface area contributed by atoms with Crippen LogP contribution < -0.4 is 61.3 Å². The van der Waals surface area contributed by atoms with Gasteiger partial charge in [-0.25, -0.2) is 0 Å². The molecule has 31 heteroatoms. The van der Waals surface area contributed by atoms with E-state index in [2.05, 4.69) is 0 Å². The molecule has 0 amide bonds. The maximum Gasteiger partial charge on any atom is 4.00 e. The second kappa shape index (κ2) is 28.6. The van der Waals surface area contributed by atoms with Gasteiger partial charge in [-0.15, -0.1) is 0 Å². The number of carbonyl (C=O) groups is 12. The molecule has 0 aliphatic rings. The summed E-state index contributed by atoms with van der Waals surface area (Å²) in [5, 5.41) is 156. The molecule has 299 valence electrons. The van der Waals surface area contributed by atoms with Gasteiger partial charge in [-0.2, -0.15) is 0 Å². The molecule has 0 aliphatic heterocycles. The number of carbonyl (C=O) groups excluding carboxylic acids is 12. The van der Waals surface area contributed by atoms with Crippen LogP contribution in [0.25, 0.3) is 0 Å². The van der Waals surface area contributed by atoms with Crippen LogP contribution in [-0.4, -0.2) is 114 Å². The van der Waals surface area contributed by atoms with Crippen LogP contribution in [0.3, 0.4) is 0 Å². The molecule has 0 spiro atoms. The van der Waals surface area contributed by atoms with Crippen LogP contribution in [0.1, 0.15) is 51.4 Å². The van der Waals surface area contributed by atoms with E-state index in [0.717, 1.165) is 0 Å². The molecule has 0 atom stereocenters. The summed E-state index contributed by atoms with van der Waals surface area (Å²) < 4.78 is 0. The molecule has 0 bridgehead atoms. The van der Waals surface area contributed by atoms with Crippen molar-refractivity contribution in [3.05, 3.63) is 0 Å². The number of aliphatic hydroxyl groups is 4. The van der Waals surface area contributed by atoms with Crippen molar-refractivity contribution in [2.75, 3.05) is 0 Å². The normalized spacial score (nSPS) is 10.3. The van der Waals surface area contributed by atoms with E-state index in [1.165, 1.54) is 0 Å². The third kappa shape index (κ3) is 31.3. The van der Waals surface area contributed by atoms with Gasteiger partial charge in [-0.3, -0.25) is 0 Å². The predicted octanol–water partition coefficient (Wildman–Crippen LogP) is -21.0. The molecule has 0 aromatic rings. The van der Waals surface area contributed by atoms with Crippen LogP contribution in [0, 0.1) is 0 Å². The van der Waals surface area contributed by atoms with Gasteiger partial charge in [0.05, 0.1) is 23.9 Å². The molecule has 0 saturated heterocycles. The largest absolute Gasteiger partial charge is 4.00 e. The van der Waals surface area contributed by atoms with E-state index in [1.807, 2.05) is 0 Å². The maximum atomic E-state index is 10.1. The number of aliphatic carboxylic acids is 12. The Kier molecular flexibility index (Phi) is 33.9. The van der Waals surface area contributed by atoms with E-state index < -0.39 is 145 Å². The third-order valence-electron chi connectivity index (χ3n) is 5.01. The van der Waals surface area contributed by atoms with Gasteiger partial charge in [0.15, 0.2) is 0 Å². The number of hydrogen-bond donors (Lipinski definition) is 4. The van der Waals surface area contributed by atoms with Crippen LogP contribution in [0.5, 0.6) is 0 Å². The maximum absolute atomic E-state index is 10.1. The fourth-order valence-electron chi connectivity index (χ4n) is 2.74. The number of hydrogen-bond acceptors (Lipinski definition) is 28. The molecule has 0 fully saturated rings. The van der Waals surface area contributed by atoms with Gasteiger partial charge in [-0.05, 0) is 0 Å². The summed E-state index contributed by atoms with van der Waals surface area (Å²) in [6.45, 7) is 0. The fourth-order valence-corrected chi connectivity index (χ4v) is 2.74. The van der Waals surface area contributed by atoms with Crippen molar-refractivity contribution in [2.24, 2.45) is 0 Å². The first-order chi connectivity index (χ1) is 23.1. The summed E-state index contributed by atoms with van der Waals surface area (Å²) in [5.41, 5.74) is -11.9. The molecule has 55 heavy (non-hydrogen) atoms. The average Bonchev–Trinajstić information content (AvgIpc) is 2.85. The second-order valence-corrected chi connectivity index (χ2v) is 9.67. The Morgan fingerprint density at radius 2 is 0.327 bits per heavy atom. The Labute approximate surface area is 339 Å². The van der Waals surface area contributed by atoms with Crippen LogP contribution in [0.15, 0.2) is 0 Å². The summed E-state index contributed by atoms with van der Waals surface area (Å²) in [5.74, 6) is -23.9. The summed E-state index contributed by atoms with van der Waals surface area (Å²) in [6.07, 6.45) is -10.9.